The molecule has 1 N–H and O–H groups in total. The largest absolute Gasteiger partial charge is 0.376 e. The normalized spacial score (nSPS) is 10.7. The summed E-state index contributed by atoms with van der Waals surface area (Å²) in [5.41, 5.74) is 3.73. The van der Waals surface area contributed by atoms with E-state index < -0.39 is 0 Å². The Labute approximate surface area is 93.6 Å². The van der Waals surface area contributed by atoms with Gasteiger partial charge in [0.05, 0.1) is 17.9 Å². The first-order valence-corrected chi connectivity index (χ1v) is 5.25. The Morgan fingerprint density at radius 1 is 1.38 bits per heavy atom. The molecule has 0 saturated heterocycles. The standard InChI is InChI=1S/C10H15N5O/c1-4-8-10(6-15(3)12-8)11-5-9-7(2)13-16-14-9/h6,11H,4-5H2,1-3H3. The molecule has 6 heteroatoms. The van der Waals surface area contributed by atoms with Crippen molar-refractivity contribution in [1.29, 1.82) is 0 Å². The Hall–Kier alpha value is -1.85. The van der Waals surface area contributed by atoms with Crippen LogP contribution in [0.25, 0.3) is 0 Å². The van der Waals surface area contributed by atoms with Crippen molar-refractivity contribution >= 4 is 5.69 Å². The fourth-order valence-corrected chi connectivity index (χ4v) is 1.53. The highest BCUT2D eigenvalue weighted by Crippen LogP contribution is 2.15. The monoisotopic (exact) mass is 221 g/mol. The van der Waals surface area contributed by atoms with Crippen molar-refractivity contribution in [2.45, 2.75) is 26.8 Å². The minimum Gasteiger partial charge on any atom is -0.376 e. The zero-order valence-corrected chi connectivity index (χ0v) is 9.69. The van der Waals surface area contributed by atoms with Gasteiger partial charge in [-0.15, -0.1) is 0 Å². The molecule has 2 heterocycles. The summed E-state index contributed by atoms with van der Waals surface area (Å²) >= 11 is 0. The van der Waals surface area contributed by atoms with E-state index in [0.717, 1.165) is 29.2 Å². The van der Waals surface area contributed by atoms with Gasteiger partial charge in [0.15, 0.2) is 0 Å². The van der Waals surface area contributed by atoms with E-state index in [1.807, 2.05) is 20.2 Å². The highest BCUT2D eigenvalue weighted by molar-refractivity contribution is 5.46. The Morgan fingerprint density at radius 2 is 2.19 bits per heavy atom. The number of aromatic nitrogens is 4. The quantitative estimate of drug-likeness (QED) is 0.842. The molecule has 16 heavy (non-hydrogen) atoms. The van der Waals surface area contributed by atoms with Crippen molar-refractivity contribution in [2.75, 3.05) is 5.32 Å². The molecule has 0 radical (unpaired) electrons. The topological polar surface area (TPSA) is 68.8 Å². The van der Waals surface area contributed by atoms with E-state index in [-0.39, 0.29) is 0 Å². The number of rotatable bonds is 4. The lowest BCUT2D eigenvalue weighted by atomic mass is 10.3. The molecule has 2 rings (SSSR count). The molecule has 2 aromatic rings. The van der Waals surface area contributed by atoms with E-state index in [1.54, 1.807) is 4.68 Å². The number of hydrogen-bond acceptors (Lipinski definition) is 5. The van der Waals surface area contributed by atoms with Gasteiger partial charge in [0.25, 0.3) is 0 Å². The molecular weight excluding hydrogens is 206 g/mol. The average Bonchev–Trinajstić information content (AvgIpc) is 2.81. The molecule has 0 amide bonds. The van der Waals surface area contributed by atoms with Crippen LogP contribution in [-0.2, 0) is 20.0 Å². The van der Waals surface area contributed by atoms with Gasteiger partial charge in [-0.2, -0.15) is 5.10 Å². The number of hydrogen-bond donors (Lipinski definition) is 1. The molecule has 0 saturated carbocycles. The molecule has 0 unspecified atom stereocenters. The Balaban J connectivity index is 2.07. The van der Waals surface area contributed by atoms with Gasteiger partial charge in [0, 0.05) is 13.2 Å². The molecule has 0 atom stereocenters. The van der Waals surface area contributed by atoms with Crippen LogP contribution in [0.5, 0.6) is 0 Å². The highest BCUT2D eigenvalue weighted by atomic mass is 16.6. The minimum absolute atomic E-state index is 0.605. The molecule has 2 aromatic heterocycles. The van der Waals surface area contributed by atoms with Crippen LogP contribution in [0.3, 0.4) is 0 Å². The van der Waals surface area contributed by atoms with Gasteiger partial charge in [-0.1, -0.05) is 17.2 Å². The van der Waals surface area contributed by atoms with Crippen molar-refractivity contribution in [3.63, 3.8) is 0 Å². The van der Waals surface area contributed by atoms with Gasteiger partial charge < -0.3 is 5.32 Å². The van der Waals surface area contributed by atoms with E-state index in [1.165, 1.54) is 0 Å². The first-order valence-electron chi connectivity index (χ1n) is 5.25. The van der Waals surface area contributed by atoms with Crippen molar-refractivity contribution in [2.24, 2.45) is 7.05 Å². The smallest absolute Gasteiger partial charge is 0.127 e. The molecular formula is C10H15N5O. The number of nitrogens with zero attached hydrogens (tertiary/aromatic N) is 4. The minimum atomic E-state index is 0.605. The maximum Gasteiger partial charge on any atom is 0.127 e. The SMILES string of the molecule is CCc1nn(C)cc1NCc1nonc1C. The first-order chi connectivity index (χ1) is 7.70. The average molecular weight is 221 g/mol. The molecule has 0 fully saturated rings. The predicted molar refractivity (Wildman–Crippen MR) is 58.9 cm³/mol. The van der Waals surface area contributed by atoms with E-state index in [0.29, 0.717) is 6.54 Å². The van der Waals surface area contributed by atoms with Crippen LogP contribution in [0.2, 0.25) is 0 Å². The van der Waals surface area contributed by atoms with Crippen LogP contribution in [0.1, 0.15) is 24.0 Å². The molecule has 0 spiro atoms. The molecule has 0 aliphatic rings. The van der Waals surface area contributed by atoms with E-state index in [9.17, 15) is 0 Å². The zero-order valence-electron chi connectivity index (χ0n) is 9.69. The van der Waals surface area contributed by atoms with Crippen molar-refractivity contribution in [3.05, 3.63) is 23.3 Å². The fraction of sp³-hybridized carbons (Fsp3) is 0.500. The number of aryl methyl sites for hydroxylation is 3. The summed E-state index contributed by atoms with van der Waals surface area (Å²) in [5, 5.41) is 15.2. The fourth-order valence-electron chi connectivity index (χ4n) is 1.53. The van der Waals surface area contributed by atoms with Crippen LogP contribution in [0.15, 0.2) is 10.8 Å². The van der Waals surface area contributed by atoms with E-state index >= 15 is 0 Å². The van der Waals surface area contributed by atoms with Crippen molar-refractivity contribution < 1.29 is 4.63 Å². The molecule has 0 aromatic carbocycles. The summed E-state index contributed by atoms with van der Waals surface area (Å²) in [6, 6.07) is 0. The Morgan fingerprint density at radius 3 is 2.81 bits per heavy atom. The Bertz CT molecular complexity index is 473. The van der Waals surface area contributed by atoms with E-state index in [2.05, 4.69) is 32.3 Å². The second-order valence-electron chi connectivity index (χ2n) is 3.67. The van der Waals surface area contributed by atoms with Crippen LogP contribution in [0.4, 0.5) is 5.69 Å². The van der Waals surface area contributed by atoms with Crippen LogP contribution in [-0.4, -0.2) is 20.1 Å². The lowest BCUT2D eigenvalue weighted by molar-refractivity contribution is 0.301. The summed E-state index contributed by atoms with van der Waals surface area (Å²) < 4.78 is 6.44. The van der Waals surface area contributed by atoms with Gasteiger partial charge >= 0.3 is 0 Å². The third-order valence-electron chi connectivity index (χ3n) is 2.43. The molecule has 0 aliphatic heterocycles. The summed E-state index contributed by atoms with van der Waals surface area (Å²) in [6.45, 7) is 4.56. The maximum atomic E-state index is 4.63. The van der Waals surface area contributed by atoms with Crippen LogP contribution in [0, 0.1) is 6.92 Å². The second kappa shape index (κ2) is 4.34. The lowest BCUT2D eigenvalue weighted by Crippen LogP contribution is -2.02. The van der Waals surface area contributed by atoms with Gasteiger partial charge in [-0.05, 0) is 13.3 Å². The number of anilines is 1. The first kappa shape index (κ1) is 10.7. The zero-order chi connectivity index (χ0) is 11.5. The van der Waals surface area contributed by atoms with Gasteiger partial charge in [-0.25, -0.2) is 4.63 Å². The summed E-state index contributed by atoms with van der Waals surface area (Å²) in [4.78, 5) is 0. The highest BCUT2D eigenvalue weighted by Gasteiger charge is 2.08. The third-order valence-corrected chi connectivity index (χ3v) is 2.43. The molecule has 6 nitrogen and oxygen atoms in total. The summed E-state index contributed by atoms with van der Waals surface area (Å²) in [6.07, 6.45) is 2.86. The summed E-state index contributed by atoms with van der Waals surface area (Å²) in [5.74, 6) is 0. The molecule has 0 aliphatic carbocycles. The Kier molecular flexibility index (Phi) is 2.89. The third kappa shape index (κ3) is 2.05. The predicted octanol–water partition coefficient (Wildman–Crippen LogP) is 1.29. The summed E-state index contributed by atoms with van der Waals surface area (Å²) in [7, 11) is 1.91. The van der Waals surface area contributed by atoms with Gasteiger partial charge in [0.2, 0.25) is 0 Å². The lowest BCUT2D eigenvalue weighted by Gasteiger charge is -2.02. The van der Waals surface area contributed by atoms with Gasteiger partial charge in [0.1, 0.15) is 11.4 Å². The number of nitrogens with one attached hydrogen (secondary N) is 1. The van der Waals surface area contributed by atoms with Crippen LogP contribution < -0.4 is 5.32 Å². The second-order valence-corrected chi connectivity index (χ2v) is 3.67. The molecule has 0 bridgehead atoms. The van der Waals surface area contributed by atoms with E-state index in [4.69, 9.17) is 0 Å². The molecule has 86 valence electrons. The van der Waals surface area contributed by atoms with Crippen molar-refractivity contribution in [1.82, 2.24) is 20.1 Å². The van der Waals surface area contributed by atoms with Gasteiger partial charge in [-0.3, -0.25) is 4.68 Å². The van der Waals surface area contributed by atoms with Crippen molar-refractivity contribution in [3.8, 4) is 0 Å². The maximum absolute atomic E-state index is 4.63. The van der Waals surface area contributed by atoms with Crippen LogP contribution >= 0.6 is 0 Å².